The minimum absolute atomic E-state index is 0.239. The van der Waals surface area contributed by atoms with Crippen molar-refractivity contribution >= 4 is 11.9 Å². The maximum absolute atomic E-state index is 12.7. The monoisotopic (exact) mass is 335 g/mol. The van der Waals surface area contributed by atoms with Crippen LogP contribution in [0.25, 0.3) is 0 Å². The molecule has 1 aliphatic heterocycles. The highest BCUT2D eigenvalue weighted by molar-refractivity contribution is 5.98. The van der Waals surface area contributed by atoms with E-state index in [0.717, 1.165) is 37.8 Å². The maximum Gasteiger partial charge on any atom is 0.329 e. The molecule has 1 saturated carbocycles. The van der Waals surface area contributed by atoms with Gasteiger partial charge in [0, 0.05) is 18.9 Å². The predicted molar refractivity (Wildman–Crippen MR) is 87.0 cm³/mol. The van der Waals surface area contributed by atoms with Gasteiger partial charge in [-0.05, 0) is 32.6 Å². The molecule has 7 heteroatoms. The number of hydrogen-bond acceptors (Lipinski definition) is 4. The van der Waals surface area contributed by atoms with E-state index in [1.807, 2.05) is 11.6 Å². The van der Waals surface area contributed by atoms with Crippen molar-refractivity contribution in [1.82, 2.24) is 15.1 Å². The number of ether oxygens (including phenoxy) is 1. The van der Waals surface area contributed by atoms with Crippen molar-refractivity contribution in [3.8, 4) is 0 Å². The lowest BCUT2D eigenvalue weighted by molar-refractivity contribution is -0.145. The van der Waals surface area contributed by atoms with Crippen molar-refractivity contribution in [2.24, 2.45) is 0 Å². The van der Waals surface area contributed by atoms with Crippen molar-refractivity contribution in [1.29, 1.82) is 0 Å². The molecule has 3 rings (SSSR count). The molecule has 0 radical (unpaired) electrons. The van der Waals surface area contributed by atoms with Crippen molar-refractivity contribution in [2.45, 2.75) is 63.5 Å². The first-order chi connectivity index (χ1) is 11.5. The lowest BCUT2D eigenvalue weighted by Crippen LogP contribution is -2.55. The van der Waals surface area contributed by atoms with Crippen LogP contribution in [-0.2, 0) is 9.53 Å². The summed E-state index contributed by atoms with van der Waals surface area (Å²) in [6.07, 6.45) is 6.96. The van der Waals surface area contributed by atoms with E-state index in [1.54, 1.807) is 6.20 Å². The van der Waals surface area contributed by atoms with Gasteiger partial charge in [-0.25, -0.2) is 4.79 Å². The van der Waals surface area contributed by atoms with Gasteiger partial charge in [0.25, 0.3) is 5.91 Å². The SMILES string of the molecule is Cc1c(C(=O)NC2(C(=O)O)CCCCC2)cnn1C1CCOCC1. The van der Waals surface area contributed by atoms with Crippen LogP contribution in [-0.4, -0.2) is 45.5 Å². The van der Waals surface area contributed by atoms with E-state index in [9.17, 15) is 14.7 Å². The molecule has 0 bridgehead atoms. The maximum atomic E-state index is 12.7. The Labute approximate surface area is 141 Å². The Hall–Kier alpha value is -1.89. The summed E-state index contributed by atoms with van der Waals surface area (Å²) in [6.45, 7) is 3.27. The second-order valence-corrected chi connectivity index (χ2v) is 6.83. The molecule has 1 saturated heterocycles. The highest BCUT2D eigenvalue weighted by Crippen LogP contribution is 2.29. The molecule has 0 aromatic carbocycles. The third-order valence-corrected chi connectivity index (χ3v) is 5.30. The van der Waals surface area contributed by atoms with Gasteiger partial charge in [0.2, 0.25) is 0 Å². The summed E-state index contributed by atoms with van der Waals surface area (Å²) in [6, 6.07) is 0.239. The van der Waals surface area contributed by atoms with Gasteiger partial charge >= 0.3 is 5.97 Å². The highest BCUT2D eigenvalue weighted by atomic mass is 16.5. The molecule has 1 aromatic rings. The number of carbonyl (C=O) groups is 2. The Morgan fingerprint density at radius 2 is 1.96 bits per heavy atom. The van der Waals surface area contributed by atoms with E-state index in [1.165, 1.54) is 0 Å². The number of rotatable bonds is 4. The largest absolute Gasteiger partial charge is 0.480 e. The van der Waals surface area contributed by atoms with Crippen molar-refractivity contribution in [3.05, 3.63) is 17.5 Å². The normalized spacial score (nSPS) is 21.4. The topological polar surface area (TPSA) is 93.5 Å². The summed E-state index contributed by atoms with van der Waals surface area (Å²) in [7, 11) is 0. The van der Waals surface area contributed by atoms with Crippen LogP contribution in [0.2, 0.25) is 0 Å². The number of aliphatic carboxylic acids is 1. The van der Waals surface area contributed by atoms with Gasteiger partial charge in [-0.15, -0.1) is 0 Å². The molecule has 2 fully saturated rings. The number of amides is 1. The van der Waals surface area contributed by atoms with E-state index in [-0.39, 0.29) is 11.9 Å². The van der Waals surface area contributed by atoms with Crippen LogP contribution in [0.1, 0.15) is 67.0 Å². The van der Waals surface area contributed by atoms with Gasteiger partial charge in [0.15, 0.2) is 0 Å². The van der Waals surface area contributed by atoms with Crippen LogP contribution in [0.5, 0.6) is 0 Å². The van der Waals surface area contributed by atoms with Crippen molar-refractivity contribution < 1.29 is 19.4 Å². The molecule has 1 amide bonds. The van der Waals surface area contributed by atoms with Gasteiger partial charge in [-0.1, -0.05) is 19.3 Å². The molecule has 132 valence electrons. The Balaban J connectivity index is 1.77. The molecule has 0 spiro atoms. The molecule has 1 aliphatic carbocycles. The third-order valence-electron chi connectivity index (χ3n) is 5.30. The first-order valence-corrected chi connectivity index (χ1v) is 8.71. The zero-order chi connectivity index (χ0) is 17.2. The van der Waals surface area contributed by atoms with Gasteiger partial charge in [0.1, 0.15) is 5.54 Å². The highest BCUT2D eigenvalue weighted by Gasteiger charge is 2.41. The number of aromatic nitrogens is 2. The minimum Gasteiger partial charge on any atom is -0.480 e. The third kappa shape index (κ3) is 3.17. The molecular weight excluding hydrogens is 310 g/mol. The first kappa shape index (κ1) is 17.0. The van der Waals surface area contributed by atoms with Gasteiger partial charge in [-0.2, -0.15) is 5.10 Å². The Morgan fingerprint density at radius 3 is 2.58 bits per heavy atom. The summed E-state index contributed by atoms with van der Waals surface area (Å²) in [5.41, 5.74) is 0.117. The molecule has 2 aliphatic rings. The van der Waals surface area contributed by atoms with Crippen LogP contribution >= 0.6 is 0 Å². The summed E-state index contributed by atoms with van der Waals surface area (Å²) in [5.74, 6) is -1.28. The zero-order valence-electron chi connectivity index (χ0n) is 14.1. The predicted octanol–water partition coefficient (Wildman–Crippen LogP) is 2.06. The lowest BCUT2D eigenvalue weighted by Gasteiger charge is -2.33. The number of carboxylic acids is 1. The fourth-order valence-electron chi connectivity index (χ4n) is 3.78. The van der Waals surface area contributed by atoms with Crippen LogP contribution in [0.15, 0.2) is 6.20 Å². The summed E-state index contributed by atoms with van der Waals surface area (Å²) in [4.78, 5) is 24.4. The lowest BCUT2D eigenvalue weighted by atomic mass is 9.81. The van der Waals surface area contributed by atoms with Gasteiger partial charge in [0.05, 0.1) is 17.8 Å². The van der Waals surface area contributed by atoms with Crippen molar-refractivity contribution in [2.75, 3.05) is 13.2 Å². The standard InChI is InChI=1S/C17H25N3O4/c1-12-14(11-18-20(12)13-5-9-24-10-6-13)15(21)19-17(16(22)23)7-3-2-4-8-17/h11,13H,2-10H2,1H3,(H,19,21)(H,22,23). The van der Waals surface area contributed by atoms with Crippen LogP contribution in [0.4, 0.5) is 0 Å². The molecule has 0 unspecified atom stereocenters. The van der Waals surface area contributed by atoms with E-state index < -0.39 is 11.5 Å². The Kier molecular flexibility index (Phi) is 4.89. The Bertz CT molecular complexity index is 613. The smallest absolute Gasteiger partial charge is 0.329 e. The van der Waals surface area contributed by atoms with Gasteiger partial charge < -0.3 is 15.2 Å². The summed E-state index contributed by atoms with van der Waals surface area (Å²) >= 11 is 0. The molecule has 7 nitrogen and oxygen atoms in total. The van der Waals surface area contributed by atoms with Crippen LogP contribution in [0.3, 0.4) is 0 Å². The molecular formula is C17H25N3O4. The van der Waals surface area contributed by atoms with Gasteiger partial charge in [-0.3, -0.25) is 9.48 Å². The molecule has 2 heterocycles. The van der Waals surface area contributed by atoms with Crippen molar-refractivity contribution in [3.63, 3.8) is 0 Å². The summed E-state index contributed by atoms with van der Waals surface area (Å²) in [5, 5.41) is 16.8. The van der Waals surface area contributed by atoms with E-state index in [0.29, 0.717) is 31.6 Å². The van der Waals surface area contributed by atoms with E-state index in [4.69, 9.17) is 4.74 Å². The first-order valence-electron chi connectivity index (χ1n) is 8.71. The average molecular weight is 335 g/mol. The average Bonchev–Trinajstić information content (AvgIpc) is 2.98. The number of hydrogen-bond donors (Lipinski definition) is 2. The Morgan fingerprint density at radius 1 is 1.29 bits per heavy atom. The quantitative estimate of drug-likeness (QED) is 0.878. The second-order valence-electron chi connectivity index (χ2n) is 6.83. The molecule has 2 N–H and O–H groups in total. The molecule has 24 heavy (non-hydrogen) atoms. The zero-order valence-corrected chi connectivity index (χ0v) is 14.1. The second kappa shape index (κ2) is 6.93. The number of nitrogens with one attached hydrogen (secondary N) is 1. The number of carboxylic acid groups (broad SMARTS) is 1. The summed E-state index contributed by atoms with van der Waals surface area (Å²) < 4.78 is 7.25. The molecule has 0 atom stereocenters. The molecule has 1 aromatic heterocycles. The van der Waals surface area contributed by atoms with Crippen LogP contribution < -0.4 is 5.32 Å². The van der Waals surface area contributed by atoms with E-state index >= 15 is 0 Å². The fourth-order valence-corrected chi connectivity index (χ4v) is 3.78. The van der Waals surface area contributed by atoms with E-state index in [2.05, 4.69) is 10.4 Å². The number of carbonyl (C=O) groups excluding carboxylic acids is 1. The van der Waals surface area contributed by atoms with Crippen LogP contribution in [0, 0.1) is 6.92 Å². The fraction of sp³-hybridized carbons (Fsp3) is 0.706. The minimum atomic E-state index is -1.14. The number of nitrogens with zero attached hydrogens (tertiary/aromatic N) is 2.